The Hall–Kier alpha value is -1.44. The van der Waals surface area contributed by atoms with Crippen molar-refractivity contribution in [3.8, 4) is 0 Å². The summed E-state index contributed by atoms with van der Waals surface area (Å²) < 4.78 is 7.78. The monoisotopic (exact) mass is 349 g/mol. The Morgan fingerprint density at radius 2 is 2.08 bits per heavy atom. The summed E-state index contributed by atoms with van der Waals surface area (Å²) in [6, 6.07) is 0. The van der Waals surface area contributed by atoms with Crippen LogP contribution in [0.1, 0.15) is 25.6 Å². The van der Waals surface area contributed by atoms with Gasteiger partial charge in [-0.1, -0.05) is 6.92 Å². The van der Waals surface area contributed by atoms with Gasteiger partial charge in [-0.25, -0.2) is 4.98 Å². The zero-order valence-corrected chi connectivity index (χ0v) is 15.3. The maximum Gasteiger partial charge on any atom is 0.234 e. The van der Waals surface area contributed by atoms with Crippen LogP contribution < -0.4 is 5.32 Å². The highest BCUT2D eigenvalue weighted by Gasteiger charge is 2.20. The first-order valence-corrected chi connectivity index (χ1v) is 9.57. The molecule has 1 aromatic rings. The molecule has 7 nitrogen and oxygen atoms in total. The Morgan fingerprint density at radius 1 is 1.28 bits per heavy atom. The van der Waals surface area contributed by atoms with Crippen LogP contribution in [0.3, 0.4) is 0 Å². The van der Waals surface area contributed by atoms with Crippen molar-refractivity contribution in [2.75, 3.05) is 52.4 Å². The van der Waals surface area contributed by atoms with Crippen molar-refractivity contribution in [1.82, 2.24) is 24.7 Å². The number of amides is 1. The lowest BCUT2D eigenvalue weighted by Crippen LogP contribution is -2.50. The molecule has 2 aliphatic rings. The number of aryl methyl sites for hydroxylation is 1. The second kappa shape index (κ2) is 9.31. The SMILES string of the molecule is CCc1nccn1CCN1CCN(CC(=O)NCC2CCCO2)CC1. The maximum absolute atomic E-state index is 12.1. The normalized spacial score (nSPS) is 22.4. The van der Waals surface area contributed by atoms with Crippen molar-refractivity contribution in [2.45, 2.75) is 38.8 Å². The predicted molar refractivity (Wildman–Crippen MR) is 96.5 cm³/mol. The van der Waals surface area contributed by atoms with Crippen molar-refractivity contribution < 1.29 is 9.53 Å². The summed E-state index contributed by atoms with van der Waals surface area (Å²) in [4.78, 5) is 21.2. The number of hydrogen-bond acceptors (Lipinski definition) is 5. The standard InChI is InChI=1S/C18H31N5O2/c1-2-17-19-5-6-23(17)12-11-21-7-9-22(10-8-21)15-18(24)20-14-16-4-3-13-25-16/h5-6,16H,2-4,7-15H2,1H3,(H,20,24). The van der Waals surface area contributed by atoms with Crippen LogP contribution in [0.4, 0.5) is 0 Å². The summed E-state index contributed by atoms with van der Waals surface area (Å²) in [5.41, 5.74) is 0. The lowest BCUT2D eigenvalue weighted by molar-refractivity contribution is -0.123. The summed E-state index contributed by atoms with van der Waals surface area (Å²) in [6.45, 7) is 10.1. The number of ether oxygens (including phenoxy) is 1. The van der Waals surface area contributed by atoms with Crippen LogP contribution in [0.15, 0.2) is 12.4 Å². The molecule has 0 spiro atoms. The zero-order chi connectivity index (χ0) is 17.5. The van der Waals surface area contributed by atoms with Gasteiger partial charge in [0.05, 0.1) is 12.6 Å². The van der Waals surface area contributed by atoms with E-state index in [0.717, 1.165) is 71.0 Å². The smallest absolute Gasteiger partial charge is 0.234 e. The molecule has 7 heteroatoms. The molecule has 140 valence electrons. The quantitative estimate of drug-likeness (QED) is 0.734. The predicted octanol–water partition coefficient (Wildman–Crippen LogP) is 0.358. The minimum absolute atomic E-state index is 0.120. The maximum atomic E-state index is 12.1. The second-order valence-electron chi connectivity index (χ2n) is 6.95. The van der Waals surface area contributed by atoms with Crippen LogP contribution in [0.2, 0.25) is 0 Å². The van der Waals surface area contributed by atoms with Crippen LogP contribution >= 0.6 is 0 Å². The molecule has 1 N–H and O–H groups in total. The lowest BCUT2D eigenvalue weighted by Gasteiger charge is -2.34. The second-order valence-corrected chi connectivity index (χ2v) is 6.95. The van der Waals surface area contributed by atoms with E-state index in [4.69, 9.17) is 4.74 Å². The Kier molecular flexibility index (Phi) is 6.84. The van der Waals surface area contributed by atoms with E-state index in [1.165, 1.54) is 0 Å². The van der Waals surface area contributed by atoms with Crippen LogP contribution in [-0.4, -0.2) is 83.8 Å². The number of hydrogen-bond donors (Lipinski definition) is 1. The molecule has 0 bridgehead atoms. The van der Waals surface area contributed by atoms with Crippen molar-refractivity contribution in [1.29, 1.82) is 0 Å². The van der Waals surface area contributed by atoms with E-state index in [1.807, 2.05) is 6.20 Å². The number of imidazole rings is 1. The molecule has 0 radical (unpaired) electrons. The van der Waals surface area contributed by atoms with Gasteiger partial charge in [-0.15, -0.1) is 0 Å². The van der Waals surface area contributed by atoms with Gasteiger partial charge in [-0.05, 0) is 12.8 Å². The number of rotatable bonds is 8. The van der Waals surface area contributed by atoms with Gasteiger partial charge in [0.2, 0.25) is 5.91 Å². The Morgan fingerprint density at radius 3 is 2.80 bits per heavy atom. The molecule has 0 aromatic carbocycles. The molecule has 3 rings (SSSR count). The fourth-order valence-electron chi connectivity index (χ4n) is 3.57. The fourth-order valence-corrected chi connectivity index (χ4v) is 3.57. The van der Waals surface area contributed by atoms with E-state index >= 15 is 0 Å². The third kappa shape index (κ3) is 5.52. The van der Waals surface area contributed by atoms with E-state index in [0.29, 0.717) is 13.1 Å². The highest BCUT2D eigenvalue weighted by Crippen LogP contribution is 2.10. The first-order valence-electron chi connectivity index (χ1n) is 9.57. The van der Waals surface area contributed by atoms with Gasteiger partial charge >= 0.3 is 0 Å². The van der Waals surface area contributed by atoms with Crippen LogP contribution in [0.5, 0.6) is 0 Å². The number of nitrogens with one attached hydrogen (secondary N) is 1. The van der Waals surface area contributed by atoms with E-state index in [9.17, 15) is 4.79 Å². The number of nitrogens with zero attached hydrogens (tertiary/aromatic N) is 4. The van der Waals surface area contributed by atoms with E-state index in [1.54, 1.807) is 0 Å². The van der Waals surface area contributed by atoms with Gasteiger partial charge in [0.1, 0.15) is 5.82 Å². The Bertz CT molecular complexity index is 533. The third-order valence-electron chi connectivity index (χ3n) is 5.16. The number of carbonyl (C=O) groups excluding carboxylic acids is 1. The lowest BCUT2D eigenvalue weighted by atomic mass is 10.2. The molecule has 25 heavy (non-hydrogen) atoms. The number of aromatic nitrogens is 2. The molecule has 3 heterocycles. The average Bonchev–Trinajstić information content (AvgIpc) is 3.30. The molecule has 2 fully saturated rings. The third-order valence-corrected chi connectivity index (χ3v) is 5.16. The minimum atomic E-state index is 0.120. The Labute approximate surface area is 150 Å². The topological polar surface area (TPSA) is 62.6 Å². The van der Waals surface area contributed by atoms with Gasteiger partial charge in [0.25, 0.3) is 0 Å². The molecule has 1 amide bonds. The van der Waals surface area contributed by atoms with E-state index in [2.05, 4.69) is 37.8 Å². The Balaban J connectivity index is 1.30. The van der Waals surface area contributed by atoms with Crippen molar-refractivity contribution in [3.05, 3.63) is 18.2 Å². The van der Waals surface area contributed by atoms with Gasteiger partial charge < -0.3 is 14.6 Å². The highest BCUT2D eigenvalue weighted by atomic mass is 16.5. The average molecular weight is 349 g/mol. The molecule has 1 atom stereocenters. The number of carbonyl (C=O) groups is 1. The van der Waals surface area contributed by atoms with Crippen molar-refractivity contribution in [3.63, 3.8) is 0 Å². The minimum Gasteiger partial charge on any atom is -0.376 e. The summed E-state index contributed by atoms with van der Waals surface area (Å²) in [7, 11) is 0. The largest absolute Gasteiger partial charge is 0.376 e. The van der Waals surface area contributed by atoms with Gasteiger partial charge in [0.15, 0.2) is 0 Å². The first kappa shape index (κ1) is 18.4. The number of piperazine rings is 1. The molecule has 0 saturated carbocycles. The molecular formula is C18H31N5O2. The summed E-state index contributed by atoms with van der Waals surface area (Å²) in [5, 5.41) is 3.01. The fraction of sp³-hybridized carbons (Fsp3) is 0.778. The van der Waals surface area contributed by atoms with E-state index in [-0.39, 0.29) is 12.0 Å². The van der Waals surface area contributed by atoms with E-state index < -0.39 is 0 Å². The van der Waals surface area contributed by atoms with Gasteiger partial charge in [-0.2, -0.15) is 0 Å². The molecule has 1 aromatic heterocycles. The van der Waals surface area contributed by atoms with Crippen molar-refractivity contribution >= 4 is 5.91 Å². The molecular weight excluding hydrogens is 318 g/mol. The summed E-state index contributed by atoms with van der Waals surface area (Å²) in [6.07, 6.45) is 7.31. The highest BCUT2D eigenvalue weighted by molar-refractivity contribution is 5.78. The van der Waals surface area contributed by atoms with Crippen LogP contribution in [0, 0.1) is 0 Å². The summed E-state index contributed by atoms with van der Waals surface area (Å²) in [5.74, 6) is 1.27. The zero-order valence-electron chi connectivity index (χ0n) is 15.3. The summed E-state index contributed by atoms with van der Waals surface area (Å²) >= 11 is 0. The first-order chi connectivity index (χ1) is 12.2. The molecule has 1 unspecified atom stereocenters. The molecule has 2 saturated heterocycles. The van der Waals surface area contributed by atoms with Gasteiger partial charge in [0, 0.05) is 71.2 Å². The van der Waals surface area contributed by atoms with Crippen molar-refractivity contribution in [2.24, 2.45) is 0 Å². The molecule has 2 aliphatic heterocycles. The van der Waals surface area contributed by atoms with Gasteiger partial charge in [-0.3, -0.25) is 14.6 Å². The van der Waals surface area contributed by atoms with Crippen LogP contribution in [-0.2, 0) is 22.5 Å². The molecule has 0 aliphatic carbocycles. The van der Waals surface area contributed by atoms with Crippen LogP contribution in [0.25, 0.3) is 0 Å².